The van der Waals surface area contributed by atoms with Gasteiger partial charge >= 0.3 is 5.97 Å². The van der Waals surface area contributed by atoms with E-state index in [0.29, 0.717) is 45.0 Å². The van der Waals surface area contributed by atoms with E-state index in [1.165, 1.54) is 10.5 Å². The number of sulfonamides is 1. The van der Waals surface area contributed by atoms with Gasteiger partial charge in [0.1, 0.15) is 5.82 Å². The van der Waals surface area contributed by atoms with Crippen molar-refractivity contribution in [2.75, 3.05) is 32.7 Å². The summed E-state index contributed by atoms with van der Waals surface area (Å²) in [6.45, 7) is 4.16. The third kappa shape index (κ3) is 3.80. The van der Waals surface area contributed by atoms with Crippen molar-refractivity contribution in [3.8, 4) is 0 Å². The molecule has 0 aliphatic carbocycles. The van der Waals surface area contributed by atoms with Crippen molar-refractivity contribution >= 4 is 16.0 Å². The van der Waals surface area contributed by atoms with Crippen molar-refractivity contribution in [1.82, 2.24) is 19.2 Å². The Morgan fingerprint density at radius 1 is 1.38 bits per heavy atom. The molecule has 0 spiro atoms. The van der Waals surface area contributed by atoms with Gasteiger partial charge in [-0.15, -0.1) is 0 Å². The van der Waals surface area contributed by atoms with Crippen LogP contribution in [-0.4, -0.2) is 71.4 Å². The van der Waals surface area contributed by atoms with Gasteiger partial charge in [0.2, 0.25) is 0 Å². The van der Waals surface area contributed by atoms with Crippen LogP contribution in [0.4, 0.5) is 0 Å². The highest BCUT2D eigenvalue weighted by Gasteiger charge is 2.29. The van der Waals surface area contributed by atoms with Crippen LogP contribution in [0.2, 0.25) is 0 Å². The molecule has 1 aromatic heterocycles. The molecule has 1 aliphatic rings. The molecule has 1 aromatic rings. The molecule has 0 bridgehead atoms. The van der Waals surface area contributed by atoms with Crippen molar-refractivity contribution in [3.05, 3.63) is 12.0 Å². The molecular formula is C12H20N4O4S. The standard InChI is InChI=1S/C12H20N4O4S/c1-2-10-13-9-11(14-10)21(19,20)16-7-5-15(6-8-16)4-3-12(17)18/h9H,2-8H2,1H3,(H,13,14)(H,17,18). The number of nitrogens with one attached hydrogen (secondary N) is 1. The molecule has 9 heteroatoms. The Kier molecular flexibility index (Phi) is 4.96. The number of carbonyl (C=O) groups is 1. The lowest BCUT2D eigenvalue weighted by Gasteiger charge is -2.33. The van der Waals surface area contributed by atoms with E-state index in [1.807, 2.05) is 11.8 Å². The molecule has 0 radical (unpaired) electrons. The average molecular weight is 316 g/mol. The van der Waals surface area contributed by atoms with Crippen LogP contribution in [0.5, 0.6) is 0 Å². The Labute approximate surface area is 123 Å². The van der Waals surface area contributed by atoms with E-state index in [4.69, 9.17) is 5.11 Å². The Balaban J connectivity index is 1.96. The fourth-order valence-corrected chi connectivity index (χ4v) is 3.60. The minimum atomic E-state index is -3.53. The van der Waals surface area contributed by atoms with Gasteiger partial charge in [-0.25, -0.2) is 13.4 Å². The van der Waals surface area contributed by atoms with Gasteiger partial charge in [-0.2, -0.15) is 4.31 Å². The first-order valence-electron chi connectivity index (χ1n) is 6.91. The Bertz CT molecular complexity index is 590. The van der Waals surface area contributed by atoms with Crippen molar-refractivity contribution in [1.29, 1.82) is 0 Å². The van der Waals surface area contributed by atoms with Crippen molar-refractivity contribution in [3.63, 3.8) is 0 Å². The number of nitrogens with zero attached hydrogens (tertiary/aromatic N) is 3. The van der Waals surface area contributed by atoms with E-state index in [-0.39, 0.29) is 11.4 Å². The molecule has 1 aliphatic heterocycles. The maximum atomic E-state index is 12.4. The number of aliphatic carboxylic acids is 1. The average Bonchev–Trinajstić information content (AvgIpc) is 2.95. The summed E-state index contributed by atoms with van der Waals surface area (Å²) in [7, 11) is -3.53. The lowest BCUT2D eigenvalue weighted by Crippen LogP contribution is -2.49. The zero-order chi connectivity index (χ0) is 15.5. The SMILES string of the molecule is CCc1ncc(S(=O)(=O)N2CCN(CCC(=O)O)CC2)[nH]1. The molecule has 21 heavy (non-hydrogen) atoms. The van der Waals surface area contributed by atoms with Gasteiger partial charge in [-0.05, 0) is 0 Å². The van der Waals surface area contributed by atoms with E-state index in [2.05, 4.69) is 9.97 Å². The number of imidazole rings is 1. The summed E-state index contributed by atoms with van der Waals surface area (Å²) < 4.78 is 26.3. The first-order valence-corrected chi connectivity index (χ1v) is 8.35. The Morgan fingerprint density at radius 2 is 2.05 bits per heavy atom. The Hall–Kier alpha value is -1.45. The molecule has 0 atom stereocenters. The largest absolute Gasteiger partial charge is 0.481 e. The van der Waals surface area contributed by atoms with Crippen LogP contribution in [0.15, 0.2) is 11.2 Å². The van der Waals surface area contributed by atoms with E-state index < -0.39 is 16.0 Å². The van der Waals surface area contributed by atoms with Crippen LogP contribution >= 0.6 is 0 Å². The molecule has 0 amide bonds. The molecule has 1 saturated heterocycles. The van der Waals surface area contributed by atoms with Crippen molar-refractivity contribution < 1.29 is 18.3 Å². The minimum absolute atomic E-state index is 0.0765. The summed E-state index contributed by atoms with van der Waals surface area (Å²) in [4.78, 5) is 19.3. The summed E-state index contributed by atoms with van der Waals surface area (Å²) in [6.07, 6.45) is 2.08. The Morgan fingerprint density at radius 3 is 2.57 bits per heavy atom. The second-order valence-electron chi connectivity index (χ2n) is 4.94. The van der Waals surface area contributed by atoms with Crippen LogP contribution in [0.25, 0.3) is 0 Å². The van der Waals surface area contributed by atoms with Crippen LogP contribution < -0.4 is 0 Å². The lowest BCUT2D eigenvalue weighted by atomic mass is 10.3. The number of aryl methyl sites for hydroxylation is 1. The third-order valence-corrected chi connectivity index (χ3v) is 5.34. The summed E-state index contributed by atoms with van der Waals surface area (Å²) >= 11 is 0. The van der Waals surface area contributed by atoms with Gasteiger partial charge in [-0.1, -0.05) is 6.92 Å². The number of aromatic amines is 1. The highest BCUT2D eigenvalue weighted by Crippen LogP contribution is 2.16. The number of carboxylic acids is 1. The van der Waals surface area contributed by atoms with Crippen LogP contribution in [0, 0.1) is 0 Å². The second-order valence-corrected chi connectivity index (χ2v) is 6.84. The molecule has 2 N–H and O–H groups in total. The number of carboxylic acid groups (broad SMARTS) is 1. The van der Waals surface area contributed by atoms with Gasteiger partial charge in [0.25, 0.3) is 10.0 Å². The first kappa shape index (κ1) is 15.9. The summed E-state index contributed by atoms with van der Waals surface area (Å²) in [5.41, 5.74) is 0. The molecule has 0 saturated carbocycles. The molecule has 8 nitrogen and oxygen atoms in total. The topological polar surface area (TPSA) is 107 Å². The van der Waals surface area contributed by atoms with Gasteiger partial charge in [0, 0.05) is 39.1 Å². The van der Waals surface area contributed by atoms with E-state index in [1.54, 1.807) is 0 Å². The zero-order valence-corrected chi connectivity index (χ0v) is 12.8. The smallest absolute Gasteiger partial charge is 0.304 e. The predicted octanol–water partition coefficient (Wildman–Crippen LogP) is -0.247. The lowest BCUT2D eigenvalue weighted by molar-refractivity contribution is -0.137. The summed E-state index contributed by atoms with van der Waals surface area (Å²) in [5.74, 6) is -0.191. The maximum Gasteiger partial charge on any atom is 0.304 e. The zero-order valence-electron chi connectivity index (χ0n) is 11.9. The molecule has 118 valence electrons. The highest BCUT2D eigenvalue weighted by molar-refractivity contribution is 7.89. The van der Waals surface area contributed by atoms with Crippen molar-refractivity contribution in [2.45, 2.75) is 24.8 Å². The van der Waals surface area contributed by atoms with Crippen LogP contribution in [0.3, 0.4) is 0 Å². The van der Waals surface area contributed by atoms with Gasteiger partial charge in [0.15, 0.2) is 5.03 Å². The maximum absolute atomic E-state index is 12.4. The third-order valence-electron chi connectivity index (χ3n) is 3.53. The molecule has 2 rings (SSSR count). The van der Waals surface area contributed by atoms with E-state index in [0.717, 1.165) is 0 Å². The monoisotopic (exact) mass is 316 g/mol. The van der Waals surface area contributed by atoms with E-state index >= 15 is 0 Å². The van der Waals surface area contributed by atoms with Crippen LogP contribution in [-0.2, 0) is 21.2 Å². The summed E-state index contributed by atoms with van der Waals surface area (Å²) in [5, 5.41) is 8.78. The quantitative estimate of drug-likeness (QED) is 0.750. The fraction of sp³-hybridized carbons (Fsp3) is 0.667. The molecule has 2 heterocycles. The normalized spacial score (nSPS) is 18.0. The first-order chi connectivity index (χ1) is 9.93. The minimum Gasteiger partial charge on any atom is -0.481 e. The number of rotatable bonds is 6. The number of piperazine rings is 1. The highest BCUT2D eigenvalue weighted by atomic mass is 32.2. The van der Waals surface area contributed by atoms with Gasteiger partial charge in [-0.3, -0.25) is 4.79 Å². The number of hydrogen-bond donors (Lipinski definition) is 2. The molecule has 0 unspecified atom stereocenters. The van der Waals surface area contributed by atoms with Crippen LogP contribution in [0.1, 0.15) is 19.2 Å². The van der Waals surface area contributed by atoms with Crippen molar-refractivity contribution in [2.24, 2.45) is 0 Å². The predicted molar refractivity (Wildman–Crippen MR) is 75.4 cm³/mol. The van der Waals surface area contributed by atoms with E-state index in [9.17, 15) is 13.2 Å². The second kappa shape index (κ2) is 6.54. The molecule has 0 aromatic carbocycles. The van der Waals surface area contributed by atoms with Gasteiger partial charge in [0.05, 0.1) is 12.6 Å². The van der Waals surface area contributed by atoms with Gasteiger partial charge < -0.3 is 15.0 Å². The molecule has 1 fully saturated rings. The fourth-order valence-electron chi connectivity index (χ4n) is 2.24. The number of aromatic nitrogens is 2. The summed E-state index contributed by atoms with van der Waals surface area (Å²) in [6, 6.07) is 0. The molecular weight excluding hydrogens is 296 g/mol. The number of hydrogen-bond acceptors (Lipinski definition) is 5. The number of H-pyrrole nitrogens is 1.